The van der Waals surface area contributed by atoms with Gasteiger partial charge >= 0.3 is 0 Å². The standard InChI is InChI=1S/C23H22ClN3O2/c1-15-3-5-17(6-4-15)22(28)26-9-11-27(12-10-26)23(29)20-14-18-13-19(24)7-8-21(18)25-16(20)2/h3-8,13-14H,9-12H2,1-2H3. The lowest BCUT2D eigenvalue weighted by molar-refractivity contribution is 0.0535. The number of pyridine rings is 1. The van der Waals surface area contributed by atoms with Crippen LogP contribution in [-0.2, 0) is 0 Å². The lowest BCUT2D eigenvalue weighted by Gasteiger charge is -2.35. The number of fused-ring (bicyclic) bond motifs is 1. The third-order valence-corrected chi connectivity index (χ3v) is 5.59. The highest BCUT2D eigenvalue weighted by molar-refractivity contribution is 6.31. The normalized spacial score (nSPS) is 14.3. The number of carbonyl (C=O) groups excluding carboxylic acids is 2. The highest BCUT2D eigenvalue weighted by Gasteiger charge is 2.26. The maximum absolute atomic E-state index is 13.1. The third kappa shape index (κ3) is 3.96. The Labute approximate surface area is 174 Å². The van der Waals surface area contributed by atoms with E-state index in [0.717, 1.165) is 16.5 Å². The van der Waals surface area contributed by atoms with Crippen molar-refractivity contribution in [3.8, 4) is 0 Å². The summed E-state index contributed by atoms with van der Waals surface area (Å²) in [4.78, 5) is 33.9. The molecule has 2 amide bonds. The number of hydrogen-bond acceptors (Lipinski definition) is 3. The molecule has 1 aliphatic heterocycles. The molecule has 0 atom stereocenters. The van der Waals surface area contributed by atoms with Crippen molar-refractivity contribution in [2.45, 2.75) is 13.8 Å². The van der Waals surface area contributed by atoms with E-state index in [1.807, 2.05) is 56.3 Å². The first kappa shape index (κ1) is 19.4. The van der Waals surface area contributed by atoms with Crippen molar-refractivity contribution in [3.63, 3.8) is 0 Å². The van der Waals surface area contributed by atoms with Crippen LogP contribution in [0.1, 0.15) is 32.0 Å². The smallest absolute Gasteiger partial charge is 0.255 e. The van der Waals surface area contributed by atoms with E-state index in [1.54, 1.807) is 15.9 Å². The number of amides is 2. The number of nitrogens with zero attached hydrogens (tertiary/aromatic N) is 3. The molecule has 0 saturated carbocycles. The number of piperazine rings is 1. The van der Waals surface area contributed by atoms with Gasteiger partial charge < -0.3 is 9.80 Å². The summed E-state index contributed by atoms with van der Waals surface area (Å²) >= 11 is 6.08. The van der Waals surface area contributed by atoms with Crippen molar-refractivity contribution >= 4 is 34.3 Å². The van der Waals surface area contributed by atoms with Crippen molar-refractivity contribution in [1.82, 2.24) is 14.8 Å². The van der Waals surface area contributed by atoms with Gasteiger partial charge in [-0.05, 0) is 50.2 Å². The van der Waals surface area contributed by atoms with Gasteiger partial charge in [-0.1, -0.05) is 29.3 Å². The number of halogens is 1. The van der Waals surface area contributed by atoms with E-state index in [1.165, 1.54) is 0 Å². The second-order valence-electron chi connectivity index (χ2n) is 7.41. The Kier molecular flexibility index (Phi) is 5.24. The van der Waals surface area contributed by atoms with E-state index in [9.17, 15) is 9.59 Å². The van der Waals surface area contributed by atoms with Crippen molar-refractivity contribution in [3.05, 3.63) is 75.9 Å². The van der Waals surface area contributed by atoms with E-state index in [0.29, 0.717) is 48.0 Å². The Hall–Kier alpha value is -2.92. The van der Waals surface area contributed by atoms with Crippen LogP contribution in [-0.4, -0.2) is 52.8 Å². The first-order valence-corrected chi connectivity index (χ1v) is 10.0. The minimum atomic E-state index is -0.0562. The van der Waals surface area contributed by atoms with Gasteiger partial charge in [0, 0.05) is 42.2 Å². The summed E-state index contributed by atoms with van der Waals surface area (Å²) < 4.78 is 0. The van der Waals surface area contributed by atoms with Gasteiger partial charge in [0.25, 0.3) is 11.8 Å². The quantitative estimate of drug-likeness (QED) is 0.642. The van der Waals surface area contributed by atoms with Gasteiger partial charge in [0.2, 0.25) is 0 Å². The first-order chi connectivity index (χ1) is 13.9. The highest BCUT2D eigenvalue weighted by atomic mass is 35.5. The molecule has 1 fully saturated rings. The van der Waals surface area contributed by atoms with Crippen LogP contribution in [0.5, 0.6) is 0 Å². The Morgan fingerprint density at radius 3 is 2.14 bits per heavy atom. The van der Waals surface area contributed by atoms with E-state index < -0.39 is 0 Å². The summed E-state index contributed by atoms with van der Waals surface area (Å²) in [5, 5.41) is 1.46. The van der Waals surface area contributed by atoms with Crippen LogP contribution in [0, 0.1) is 13.8 Å². The van der Waals surface area contributed by atoms with Gasteiger partial charge in [0.1, 0.15) is 0 Å². The Morgan fingerprint density at radius 1 is 0.862 bits per heavy atom. The summed E-state index contributed by atoms with van der Waals surface area (Å²) in [7, 11) is 0. The predicted molar refractivity (Wildman–Crippen MR) is 114 cm³/mol. The van der Waals surface area contributed by atoms with Crippen LogP contribution in [0.25, 0.3) is 10.9 Å². The molecule has 3 aromatic rings. The fourth-order valence-electron chi connectivity index (χ4n) is 3.62. The second-order valence-corrected chi connectivity index (χ2v) is 7.85. The molecular formula is C23H22ClN3O2. The van der Waals surface area contributed by atoms with Crippen LogP contribution in [0.15, 0.2) is 48.5 Å². The van der Waals surface area contributed by atoms with Crippen molar-refractivity contribution < 1.29 is 9.59 Å². The van der Waals surface area contributed by atoms with Gasteiger partial charge in [-0.2, -0.15) is 0 Å². The zero-order chi connectivity index (χ0) is 20.5. The Balaban J connectivity index is 1.47. The van der Waals surface area contributed by atoms with Crippen LogP contribution in [0.3, 0.4) is 0 Å². The molecule has 0 spiro atoms. The van der Waals surface area contributed by atoms with Crippen molar-refractivity contribution in [2.75, 3.05) is 26.2 Å². The Morgan fingerprint density at radius 2 is 1.48 bits per heavy atom. The van der Waals surface area contributed by atoms with E-state index in [-0.39, 0.29) is 11.8 Å². The molecule has 0 aliphatic carbocycles. The van der Waals surface area contributed by atoms with Gasteiger partial charge in [0.15, 0.2) is 0 Å². The minimum Gasteiger partial charge on any atom is -0.335 e. The summed E-state index contributed by atoms with van der Waals surface area (Å²) in [6.45, 7) is 5.89. The molecule has 0 bridgehead atoms. The highest BCUT2D eigenvalue weighted by Crippen LogP contribution is 2.22. The SMILES string of the molecule is Cc1ccc(C(=O)N2CCN(C(=O)c3cc4cc(Cl)ccc4nc3C)CC2)cc1. The Bertz CT molecular complexity index is 1090. The number of rotatable bonds is 2. The number of carbonyl (C=O) groups is 2. The van der Waals surface area contributed by atoms with Gasteiger partial charge in [-0.25, -0.2) is 0 Å². The summed E-state index contributed by atoms with van der Waals surface area (Å²) in [5.41, 5.74) is 3.90. The molecule has 29 heavy (non-hydrogen) atoms. The maximum atomic E-state index is 13.1. The van der Waals surface area contributed by atoms with Crippen LogP contribution >= 0.6 is 11.6 Å². The molecule has 2 aromatic carbocycles. The van der Waals surface area contributed by atoms with Gasteiger partial charge in [-0.3, -0.25) is 14.6 Å². The minimum absolute atomic E-state index is 0.00953. The molecule has 0 N–H and O–H groups in total. The topological polar surface area (TPSA) is 53.5 Å². The molecule has 0 radical (unpaired) electrons. The average Bonchev–Trinajstić information content (AvgIpc) is 2.73. The monoisotopic (exact) mass is 407 g/mol. The maximum Gasteiger partial charge on any atom is 0.255 e. The molecule has 2 heterocycles. The van der Waals surface area contributed by atoms with Crippen molar-refractivity contribution in [2.24, 2.45) is 0 Å². The predicted octanol–water partition coefficient (Wildman–Crippen LogP) is 4.10. The largest absolute Gasteiger partial charge is 0.335 e. The third-order valence-electron chi connectivity index (χ3n) is 5.35. The number of aromatic nitrogens is 1. The van der Waals surface area contributed by atoms with Gasteiger partial charge in [-0.15, -0.1) is 0 Å². The fraction of sp³-hybridized carbons (Fsp3) is 0.261. The second kappa shape index (κ2) is 7.84. The van der Waals surface area contributed by atoms with Crippen LogP contribution in [0.2, 0.25) is 5.02 Å². The molecular weight excluding hydrogens is 386 g/mol. The number of hydrogen-bond donors (Lipinski definition) is 0. The van der Waals surface area contributed by atoms with Gasteiger partial charge in [0.05, 0.1) is 16.8 Å². The first-order valence-electron chi connectivity index (χ1n) is 9.64. The molecule has 1 saturated heterocycles. The molecule has 0 unspecified atom stereocenters. The molecule has 6 heteroatoms. The van der Waals surface area contributed by atoms with E-state index >= 15 is 0 Å². The summed E-state index contributed by atoms with van der Waals surface area (Å²) in [6, 6.07) is 14.9. The molecule has 4 rings (SSSR count). The lowest BCUT2D eigenvalue weighted by atomic mass is 10.1. The van der Waals surface area contributed by atoms with E-state index in [4.69, 9.17) is 11.6 Å². The van der Waals surface area contributed by atoms with Crippen LogP contribution < -0.4 is 0 Å². The summed E-state index contributed by atoms with van der Waals surface area (Å²) in [5.74, 6) is -0.0467. The van der Waals surface area contributed by atoms with Crippen LogP contribution in [0.4, 0.5) is 0 Å². The number of benzene rings is 2. The fourth-order valence-corrected chi connectivity index (χ4v) is 3.80. The molecule has 1 aliphatic rings. The van der Waals surface area contributed by atoms with Crippen molar-refractivity contribution in [1.29, 1.82) is 0 Å². The molecule has 1 aromatic heterocycles. The lowest BCUT2D eigenvalue weighted by Crippen LogP contribution is -2.50. The zero-order valence-electron chi connectivity index (χ0n) is 16.5. The van der Waals surface area contributed by atoms with E-state index in [2.05, 4.69) is 4.98 Å². The average molecular weight is 408 g/mol. The molecule has 148 valence electrons. The summed E-state index contributed by atoms with van der Waals surface area (Å²) in [6.07, 6.45) is 0. The molecule has 5 nitrogen and oxygen atoms in total. The zero-order valence-corrected chi connectivity index (χ0v) is 17.2. The number of aryl methyl sites for hydroxylation is 2.